The summed E-state index contributed by atoms with van der Waals surface area (Å²) in [5.41, 5.74) is 1.50. The van der Waals surface area contributed by atoms with E-state index >= 15 is 0 Å². The normalized spacial score (nSPS) is 16.8. The van der Waals surface area contributed by atoms with E-state index in [9.17, 15) is 9.59 Å². The second-order valence-electron chi connectivity index (χ2n) is 6.71. The van der Waals surface area contributed by atoms with Crippen LogP contribution in [0.5, 0.6) is 0 Å². The van der Waals surface area contributed by atoms with E-state index in [0.29, 0.717) is 23.3 Å². The van der Waals surface area contributed by atoms with Crippen LogP contribution in [0.2, 0.25) is 0 Å². The van der Waals surface area contributed by atoms with Crippen LogP contribution >= 0.6 is 11.3 Å². The van der Waals surface area contributed by atoms with Crippen LogP contribution < -0.4 is 15.5 Å². The monoisotopic (exact) mass is 396 g/mol. The van der Waals surface area contributed by atoms with Gasteiger partial charge in [-0.3, -0.25) is 9.59 Å². The summed E-state index contributed by atoms with van der Waals surface area (Å²) in [4.78, 5) is 39.1. The Morgan fingerprint density at radius 2 is 2.04 bits per heavy atom. The molecule has 0 aliphatic carbocycles. The molecular formula is C19H20N6O2S. The largest absolute Gasteiger partial charge is 0.340 e. The maximum absolute atomic E-state index is 12.8. The van der Waals surface area contributed by atoms with E-state index in [2.05, 4.69) is 25.6 Å². The SMILES string of the molecule is CC(=O)Nc1ccc2nc(NC(=O)C3CCCN(c4ncccn4)C3)sc2c1. The topological polar surface area (TPSA) is 100 Å². The number of piperidine rings is 1. The average molecular weight is 396 g/mol. The summed E-state index contributed by atoms with van der Waals surface area (Å²) in [6.45, 7) is 2.91. The van der Waals surface area contributed by atoms with E-state index in [1.807, 2.05) is 17.0 Å². The van der Waals surface area contributed by atoms with E-state index in [0.717, 1.165) is 29.6 Å². The molecule has 1 unspecified atom stereocenters. The molecule has 0 saturated carbocycles. The Balaban J connectivity index is 1.44. The summed E-state index contributed by atoms with van der Waals surface area (Å²) in [5, 5.41) is 6.26. The van der Waals surface area contributed by atoms with Gasteiger partial charge in [0.05, 0.1) is 16.1 Å². The van der Waals surface area contributed by atoms with Crippen LogP contribution in [-0.4, -0.2) is 39.9 Å². The maximum atomic E-state index is 12.8. The lowest BCUT2D eigenvalue weighted by molar-refractivity contribution is -0.120. The van der Waals surface area contributed by atoms with Crippen LogP contribution in [0.25, 0.3) is 10.2 Å². The third-order valence-electron chi connectivity index (χ3n) is 4.57. The van der Waals surface area contributed by atoms with Crippen LogP contribution in [0.3, 0.4) is 0 Å². The van der Waals surface area contributed by atoms with Crippen molar-refractivity contribution in [3.63, 3.8) is 0 Å². The summed E-state index contributed by atoms with van der Waals surface area (Å²) in [7, 11) is 0. The predicted octanol–water partition coefficient (Wildman–Crippen LogP) is 2.90. The Hall–Kier alpha value is -3.07. The molecule has 2 N–H and O–H groups in total. The molecule has 1 saturated heterocycles. The molecule has 3 aromatic rings. The number of anilines is 3. The molecule has 3 heterocycles. The first kappa shape index (κ1) is 18.3. The van der Waals surface area contributed by atoms with E-state index in [4.69, 9.17) is 0 Å². The number of nitrogens with zero attached hydrogens (tertiary/aromatic N) is 4. The molecule has 4 rings (SSSR count). The van der Waals surface area contributed by atoms with Crippen LogP contribution in [0.15, 0.2) is 36.7 Å². The van der Waals surface area contributed by atoms with Crippen molar-refractivity contribution in [2.75, 3.05) is 28.6 Å². The Morgan fingerprint density at radius 3 is 2.82 bits per heavy atom. The molecule has 28 heavy (non-hydrogen) atoms. The number of nitrogens with one attached hydrogen (secondary N) is 2. The second kappa shape index (κ2) is 7.89. The highest BCUT2D eigenvalue weighted by Crippen LogP contribution is 2.29. The van der Waals surface area contributed by atoms with Gasteiger partial charge >= 0.3 is 0 Å². The molecule has 1 atom stereocenters. The first-order valence-electron chi connectivity index (χ1n) is 9.09. The van der Waals surface area contributed by atoms with Crippen molar-refractivity contribution in [1.29, 1.82) is 0 Å². The van der Waals surface area contributed by atoms with Gasteiger partial charge in [-0.2, -0.15) is 0 Å². The van der Waals surface area contributed by atoms with Crippen molar-refractivity contribution < 1.29 is 9.59 Å². The number of amides is 2. The standard InChI is InChI=1S/C19H20N6O2S/c1-12(26)22-14-5-6-15-16(10-14)28-19(23-15)24-17(27)13-4-2-9-25(11-13)18-20-7-3-8-21-18/h3,5-8,10,13H,2,4,9,11H2,1H3,(H,22,26)(H,23,24,27). The van der Waals surface area contributed by atoms with Crippen molar-refractivity contribution >= 4 is 50.1 Å². The van der Waals surface area contributed by atoms with Crippen LogP contribution in [-0.2, 0) is 9.59 Å². The Labute approximate surface area is 166 Å². The number of hydrogen-bond donors (Lipinski definition) is 2. The fourth-order valence-corrected chi connectivity index (χ4v) is 4.20. The number of aromatic nitrogens is 3. The fraction of sp³-hybridized carbons (Fsp3) is 0.316. The highest BCUT2D eigenvalue weighted by molar-refractivity contribution is 7.22. The van der Waals surface area contributed by atoms with E-state index < -0.39 is 0 Å². The van der Waals surface area contributed by atoms with Gasteiger partial charge in [-0.1, -0.05) is 11.3 Å². The first-order valence-corrected chi connectivity index (χ1v) is 9.91. The summed E-state index contributed by atoms with van der Waals surface area (Å²) in [6.07, 6.45) is 5.16. The Bertz CT molecular complexity index is 1010. The number of thiazole rings is 1. The summed E-state index contributed by atoms with van der Waals surface area (Å²) < 4.78 is 0.907. The lowest BCUT2D eigenvalue weighted by atomic mass is 9.97. The summed E-state index contributed by atoms with van der Waals surface area (Å²) in [6, 6.07) is 7.27. The molecule has 1 fully saturated rings. The molecule has 0 bridgehead atoms. The van der Waals surface area contributed by atoms with Crippen LogP contribution in [0.1, 0.15) is 19.8 Å². The zero-order chi connectivity index (χ0) is 19.5. The third-order valence-corrected chi connectivity index (χ3v) is 5.50. The molecule has 0 spiro atoms. The number of carbonyl (C=O) groups is 2. The zero-order valence-electron chi connectivity index (χ0n) is 15.4. The van der Waals surface area contributed by atoms with Gasteiger partial charge in [-0.25, -0.2) is 15.0 Å². The zero-order valence-corrected chi connectivity index (χ0v) is 16.2. The second-order valence-corrected chi connectivity index (χ2v) is 7.74. The molecule has 9 heteroatoms. The van der Waals surface area contributed by atoms with Gasteiger partial charge in [0.15, 0.2) is 5.13 Å². The minimum atomic E-state index is -0.139. The third kappa shape index (κ3) is 4.09. The summed E-state index contributed by atoms with van der Waals surface area (Å²) >= 11 is 1.40. The van der Waals surface area contributed by atoms with Crippen molar-refractivity contribution in [3.8, 4) is 0 Å². The Morgan fingerprint density at radius 1 is 1.21 bits per heavy atom. The average Bonchev–Trinajstić information content (AvgIpc) is 3.10. The van der Waals surface area contributed by atoms with E-state index in [-0.39, 0.29) is 17.7 Å². The van der Waals surface area contributed by atoms with Crippen LogP contribution in [0, 0.1) is 5.92 Å². The molecule has 0 radical (unpaired) electrons. The molecule has 1 aromatic carbocycles. The number of fused-ring (bicyclic) bond motifs is 1. The highest BCUT2D eigenvalue weighted by atomic mass is 32.1. The molecule has 1 aliphatic heterocycles. The molecule has 1 aliphatic rings. The van der Waals surface area contributed by atoms with Gasteiger partial charge < -0.3 is 15.5 Å². The smallest absolute Gasteiger partial charge is 0.231 e. The van der Waals surface area contributed by atoms with Gasteiger partial charge in [-0.05, 0) is 37.1 Å². The minimum Gasteiger partial charge on any atom is -0.340 e. The van der Waals surface area contributed by atoms with Gasteiger partial charge in [0.1, 0.15) is 0 Å². The van der Waals surface area contributed by atoms with Gasteiger partial charge in [-0.15, -0.1) is 0 Å². The van der Waals surface area contributed by atoms with Crippen molar-refractivity contribution in [2.24, 2.45) is 5.92 Å². The molecule has 2 amide bonds. The lowest BCUT2D eigenvalue weighted by Crippen LogP contribution is -2.41. The molecule has 2 aromatic heterocycles. The van der Waals surface area contributed by atoms with E-state index in [1.165, 1.54) is 18.3 Å². The Kier molecular flexibility index (Phi) is 5.16. The van der Waals surface area contributed by atoms with Crippen LogP contribution in [0.4, 0.5) is 16.8 Å². The molecule has 144 valence electrons. The lowest BCUT2D eigenvalue weighted by Gasteiger charge is -2.31. The first-order chi connectivity index (χ1) is 13.6. The van der Waals surface area contributed by atoms with Crippen molar-refractivity contribution in [3.05, 3.63) is 36.7 Å². The molecular weight excluding hydrogens is 376 g/mol. The van der Waals surface area contributed by atoms with Gasteiger partial charge in [0.2, 0.25) is 17.8 Å². The highest BCUT2D eigenvalue weighted by Gasteiger charge is 2.27. The minimum absolute atomic E-state index is 0.0400. The van der Waals surface area contributed by atoms with Crippen molar-refractivity contribution in [1.82, 2.24) is 15.0 Å². The van der Waals surface area contributed by atoms with Crippen molar-refractivity contribution in [2.45, 2.75) is 19.8 Å². The van der Waals surface area contributed by atoms with E-state index in [1.54, 1.807) is 24.5 Å². The summed E-state index contributed by atoms with van der Waals surface area (Å²) in [5.74, 6) is 0.355. The van der Waals surface area contributed by atoms with Gasteiger partial charge in [0, 0.05) is 38.1 Å². The quantitative estimate of drug-likeness (QED) is 0.703. The fourth-order valence-electron chi connectivity index (χ4n) is 3.29. The number of hydrogen-bond acceptors (Lipinski definition) is 7. The maximum Gasteiger partial charge on any atom is 0.231 e. The number of carbonyl (C=O) groups excluding carboxylic acids is 2. The molecule has 8 nitrogen and oxygen atoms in total. The number of benzene rings is 1. The number of rotatable bonds is 4. The van der Waals surface area contributed by atoms with Gasteiger partial charge in [0.25, 0.3) is 0 Å². The predicted molar refractivity (Wildman–Crippen MR) is 110 cm³/mol.